The second-order valence-electron chi connectivity index (χ2n) is 5.75. The first-order valence-corrected chi connectivity index (χ1v) is 7.74. The van der Waals surface area contributed by atoms with Crippen molar-refractivity contribution in [1.29, 1.82) is 5.26 Å². The van der Waals surface area contributed by atoms with Crippen LogP contribution in [-0.2, 0) is 0 Å². The predicted octanol–water partition coefficient (Wildman–Crippen LogP) is 4.55. The van der Waals surface area contributed by atoms with Crippen molar-refractivity contribution in [2.75, 3.05) is 0 Å². The minimum atomic E-state index is -1.05. The van der Waals surface area contributed by atoms with Gasteiger partial charge in [-0.25, -0.2) is 13.5 Å². The van der Waals surface area contributed by atoms with Gasteiger partial charge in [0, 0.05) is 5.39 Å². The molecule has 0 saturated heterocycles. The quantitative estimate of drug-likeness (QED) is 0.579. The zero-order valence-electron chi connectivity index (χ0n) is 13.3. The monoisotopic (exact) mass is 347 g/mol. The predicted molar refractivity (Wildman–Crippen MR) is 92.8 cm³/mol. The number of nitrogens with zero attached hydrogens (tertiary/aromatic N) is 3. The van der Waals surface area contributed by atoms with E-state index in [1.807, 2.05) is 24.3 Å². The largest absolute Gasteiger partial charge is 0.503 e. The third-order valence-electron chi connectivity index (χ3n) is 4.18. The van der Waals surface area contributed by atoms with Gasteiger partial charge in [0.1, 0.15) is 5.52 Å². The van der Waals surface area contributed by atoms with E-state index in [0.717, 1.165) is 17.2 Å². The number of phenolic OH excluding ortho intramolecular Hbond substituents is 1. The summed E-state index contributed by atoms with van der Waals surface area (Å²) in [6.07, 6.45) is 1.34. The molecule has 0 aliphatic carbocycles. The Hall–Kier alpha value is -3.72. The number of nitriles is 1. The summed E-state index contributed by atoms with van der Waals surface area (Å²) >= 11 is 0. The summed E-state index contributed by atoms with van der Waals surface area (Å²) in [5, 5.41) is 22.7. The first-order chi connectivity index (χ1) is 12.6. The minimum Gasteiger partial charge on any atom is -0.503 e. The lowest BCUT2D eigenvalue weighted by atomic mass is 10.0. The van der Waals surface area contributed by atoms with E-state index >= 15 is 0 Å². The lowest BCUT2D eigenvalue weighted by molar-refractivity contribution is 0.399. The molecule has 0 unspecified atom stereocenters. The molecule has 26 heavy (non-hydrogen) atoms. The molecule has 1 aromatic heterocycles. The Morgan fingerprint density at radius 2 is 1.58 bits per heavy atom. The second-order valence-corrected chi connectivity index (χ2v) is 5.75. The van der Waals surface area contributed by atoms with Gasteiger partial charge in [-0.05, 0) is 41.5 Å². The molecule has 3 aromatic carbocycles. The Morgan fingerprint density at radius 1 is 0.962 bits per heavy atom. The average molecular weight is 347 g/mol. The summed E-state index contributed by atoms with van der Waals surface area (Å²) in [6, 6.07) is 17.4. The van der Waals surface area contributed by atoms with Gasteiger partial charge in [0.15, 0.2) is 17.4 Å². The lowest BCUT2D eigenvalue weighted by Crippen LogP contribution is -1.98. The average Bonchev–Trinajstić information content (AvgIpc) is 3.10. The Labute approximate surface area is 147 Å². The maximum absolute atomic E-state index is 14.3. The standard InChI is InChI=1S/C20H11F2N3O/c21-17-9-15-11-24-25(19(15)18(22)20(17)26)16-7-5-14(6-8-16)13-3-1-12(10-23)2-4-13/h1-9,11,26H. The summed E-state index contributed by atoms with van der Waals surface area (Å²) in [6.45, 7) is 0. The van der Waals surface area contributed by atoms with Crippen molar-refractivity contribution in [3.63, 3.8) is 0 Å². The summed E-state index contributed by atoms with van der Waals surface area (Å²) in [5.41, 5.74) is 3.02. The van der Waals surface area contributed by atoms with Crippen molar-refractivity contribution in [3.8, 4) is 28.6 Å². The van der Waals surface area contributed by atoms with Crippen molar-refractivity contribution in [2.45, 2.75) is 0 Å². The zero-order chi connectivity index (χ0) is 18.3. The van der Waals surface area contributed by atoms with Crippen molar-refractivity contribution in [2.24, 2.45) is 0 Å². The van der Waals surface area contributed by atoms with Crippen LogP contribution in [-0.4, -0.2) is 14.9 Å². The van der Waals surface area contributed by atoms with Crippen LogP contribution in [0.2, 0.25) is 0 Å². The number of phenols is 1. The normalized spacial score (nSPS) is 10.8. The number of hydrogen-bond donors (Lipinski definition) is 1. The molecule has 6 heteroatoms. The molecule has 0 radical (unpaired) electrons. The summed E-state index contributed by atoms with van der Waals surface area (Å²) in [4.78, 5) is 0. The van der Waals surface area contributed by atoms with Crippen molar-refractivity contribution >= 4 is 10.9 Å². The molecule has 0 bridgehead atoms. The molecule has 0 saturated carbocycles. The van der Waals surface area contributed by atoms with E-state index < -0.39 is 17.4 Å². The van der Waals surface area contributed by atoms with Gasteiger partial charge in [-0.1, -0.05) is 24.3 Å². The van der Waals surface area contributed by atoms with Crippen molar-refractivity contribution in [1.82, 2.24) is 9.78 Å². The molecule has 0 aliphatic heterocycles. The highest BCUT2D eigenvalue weighted by atomic mass is 19.1. The third-order valence-corrected chi connectivity index (χ3v) is 4.18. The number of hydrogen-bond acceptors (Lipinski definition) is 3. The fourth-order valence-corrected chi connectivity index (χ4v) is 2.84. The maximum atomic E-state index is 14.3. The Kier molecular flexibility index (Phi) is 3.63. The van der Waals surface area contributed by atoms with Crippen LogP contribution in [0, 0.1) is 23.0 Å². The van der Waals surface area contributed by atoms with Crippen LogP contribution in [0.15, 0.2) is 60.8 Å². The number of aromatic hydroxyl groups is 1. The first kappa shape index (κ1) is 15.8. The molecule has 4 nitrogen and oxygen atoms in total. The second kappa shape index (κ2) is 5.97. The van der Waals surface area contributed by atoms with Gasteiger partial charge in [0.2, 0.25) is 0 Å². The summed E-state index contributed by atoms with van der Waals surface area (Å²) in [7, 11) is 0. The van der Waals surface area contributed by atoms with Crippen LogP contribution in [0.1, 0.15) is 5.56 Å². The van der Waals surface area contributed by atoms with E-state index in [1.165, 1.54) is 10.9 Å². The Bertz CT molecular complexity index is 1160. The van der Waals surface area contributed by atoms with Crippen LogP contribution in [0.4, 0.5) is 8.78 Å². The highest BCUT2D eigenvalue weighted by Gasteiger charge is 2.17. The van der Waals surface area contributed by atoms with Crippen molar-refractivity contribution < 1.29 is 13.9 Å². The van der Waals surface area contributed by atoms with Gasteiger partial charge in [-0.3, -0.25) is 0 Å². The van der Waals surface area contributed by atoms with Gasteiger partial charge in [-0.15, -0.1) is 0 Å². The maximum Gasteiger partial charge on any atom is 0.194 e. The fraction of sp³-hybridized carbons (Fsp3) is 0. The number of halogens is 2. The molecule has 0 spiro atoms. The molecule has 126 valence electrons. The SMILES string of the molecule is N#Cc1ccc(-c2ccc(-n3ncc4cc(F)c(O)c(F)c43)cc2)cc1. The molecule has 1 N–H and O–H groups in total. The van der Waals surface area contributed by atoms with Gasteiger partial charge in [-0.2, -0.15) is 10.4 Å². The Morgan fingerprint density at radius 3 is 2.19 bits per heavy atom. The molecular weight excluding hydrogens is 336 g/mol. The molecule has 1 heterocycles. The van der Waals surface area contributed by atoms with E-state index in [0.29, 0.717) is 11.3 Å². The summed E-state index contributed by atoms with van der Waals surface area (Å²) < 4.78 is 29.1. The number of fused-ring (bicyclic) bond motifs is 1. The molecule has 0 fully saturated rings. The number of aromatic nitrogens is 2. The summed E-state index contributed by atoms with van der Waals surface area (Å²) in [5.74, 6) is -3.09. The van der Waals surface area contributed by atoms with E-state index in [9.17, 15) is 13.9 Å². The van der Waals surface area contributed by atoms with E-state index in [2.05, 4.69) is 11.2 Å². The first-order valence-electron chi connectivity index (χ1n) is 7.74. The van der Waals surface area contributed by atoms with E-state index in [4.69, 9.17) is 5.26 Å². The number of benzene rings is 3. The molecule has 4 aromatic rings. The molecular formula is C20H11F2N3O. The van der Waals surface area contributed by atoms with Crippen LogP contribution in [0.25, 0.3) is 27.7 Å². The lowest BCUT2D eigenvalue weighted by Gasteiger charge is -2.07. The molecule has 0 aliphatic rings. The van der Waals surface area contributed by atoms with Gasteiger partial charge >= 0.3 is 0 Å². The number of rotatable bonds is 2. The van der Waals surface area contributed by atoms with Gasteiger partial charge in [0.25, 0.3) is 0 Å². The van der Waals surface area contributed by atoms with Crippen molar-refractivity contribution in [3.05, 3.63) is 78.0 Å². The van der Waals surface area contributed by atoms with E-state index in [1.54, 1.807) is 24.3 Å². The van der Waals surface area contributed by atoms with Gasteiger partial charge < -0.3 is 5.11 Å². The topological polar surface area (TPSA) is 61.8 Å². The minimum absolute atomic E-state index is 0.00928. The highest BCUT2D eigenvalue weighted by molar-refractivity contribution is 5.83. The van der Waals surface area contributed by atoms with Crippen LogP contribution in [0.3, 0.4) is 0 Å². The van der Waals surface area contributed by atoms with Crippen LogP contribution < -0.4 is 0 Å². The molecule has 4 rings (SSSR count). The van der Waals surface area contributed by atoms with E-state index in [-0.39, 0.29) is 10.9 Å². The molecule has 0 atom stereocenters. The smallest absolute Gasteiger partial charge is 0.194 e. The molecule has 0 amide bonds. The van der Waals surface area contributed by atoms with Crippen LogP contribution >= 0.6 is 0 Å². The third kappa shape index (κ3) is 2.47. The zero-order valence-corrected chi connectivity index (χ0v) is 13.3. The highest BCUT2D eigenvalue weighted by Crippen LogP contribution is 2.30. The Balaban J connectivity index is 1.77. The van der Waals surface area contributed by atoms with Gasteiger partial charge in [0.05, 0.1) is 23.5 Å². The fourth-order valence-electron chi connectivity index (χ4n) is 2.84. The van der Waals surface area contributed by atoms with Crippen LogP contribution in [0.5, 0.6) is 5.75 Å².